The molecule has 1 aliphatic carbocycles. The summed E-state index contributed by atoms with van der Waals surface area (Å²) in [5, 5.41) is 0. The van der Waals surface area contributed by atoms with Gasteiger partial charge in [0.1, 0.15) is 0 Å². The molecule has 0 aromatic rings. The van der Waals surface area contributed by atoms with Gasteiger partial charge in [0.15, 0.2) is 0 Å². The highest BCUT2D eigenvalue weighted by molar-refractivity contribution is 4.90. The van der Waals surface area contributed by atoms with Gasteiger partial charge in [0.2, 0.25) is 0 Å². The second-order valence-electron chi connectivity index (χ2n) is 5.35. The Morgan fingerprint density at radius 3 is 2.57 bits per heavy atom. The summed E-state index contributed by atoms with van der Waals surface area (Å²) < 4.78 is 0. The van der Waals surface area contributed by atoms with Gasteiger partial charge in [0, 0.05) is 18.1 Å². The van der Waals surface area contributed by atoms with Gasteiger partial charge in [-0.1, -0.05) is 12.8 Å². The van der Waals surface area contributed by atoms with Crippen molar-refractivity contribution in [3.8, 4) is 0 Å². The molecule has 2 N–H and O–H groups in total. The molecule has 14 heavy (non-hydrogen) atoms. The van der Waals surface area contributed by atoms with Crippen molar-refractivity contribution in [3.05, 3.63) is 0 Å². The van der Waals surface area contributed by atoms with Gasteiger partial charge < -0.3 is 10.6 Å². The Hall–Kier alpha value is -0.0800. The Kier molecular flexibility index (Phi) is 3.13. The van der Waals surface area contributed by atoms with E-state index in [1.807, 2.05) is 0 Å². The largest absolute Gasteiger partial charge is 0.325 e. The third-order valence-electron chi connectivity index (χ3n) is 4.19. The summed E-state index contributed by atoms with van der Waals surface area (Å²) in [5.74, 6) is 0. The van der Waals surface area contributed by atoms with Crippen LogP contribution in [0.25, 0.3) is 0 Å². The van der Waals surface area contributed by atoms with Gasteiger partial charge in [-0.3, -0.25) is 0 Å². The molecule has 2 nitrogen and oxygen atoms in total. The fraction of sp³-hybridized carbons (Fsp3) is 1.00. The molecule has 2 rings (SSSR count). The molecule has 1 saturated heterocycles. The topological polar surface area (TPSA) is 29.3 Å². The molecule has 0 aromatic heterocycles. The van der Waals surface area contributed by atoms with Crippen molar-refractivity contribution in [1.29, 1.82) is 0 Å². The maximum absolute atomic E-state index is 6.36. The van der Waals surface area contributed by atoms with Gasteiger partial charge >= 0.3 is 0 Å². The molecule has 0 spiro atoms. The SMILES string of the molecule is CC1CCCN1CCC1(N)CCCC1. The number of likely N-dealkylation sites (tertiary alicyclic amines) is 1. The van der Waals surface area contributed by atoms with E-state index in [2.05, 4.69) is 11.8 Å². The quantitative estimate of drug-likeness (QED) is 0.749. The van der Waals surface area contributed by atoms with Crippen molar-refractivity contribution in [2.24, 2.45) is 5.73 Å². The van der Waals surface area contributed by atoms with Gasteiger partial charge in [0.25, 0.3) is 0 Å². The van der Waals surface area contributed by atoms with E-state index in [9.17, 15) is 0 Å². The van der Waals surface area contributed by atoms with Crippen LogP contribution in [-0.4, -0.2) is 29.6 Å². The summed E-state index contributed by atoms with van der Waals surface area (Å²) in [4.78, 5) is 2.62. The average molecular weight is 196 g/mol. The summed E-state index contributed by atoms with van der Waals surface area (Å²) in [7, 11) is 0. The minimum atomic E-state index is 0.197. The number of hydrogen-bond acceptors (Lipinski definition) is 2. The highest BCUT2D eigenvalue weighted by Gasteiger charge is 2.30. The van der Waals surface area contributed by atoms with E-state index < -0.39 is 0 Å². The highest BCUT2D eigenvalue weighted by Crippen LogP contribution is 2.31. The Morgan fingerprint density at radius 2 is 2.00 bits per heavy atom. The molecule has 2 aliphatic rings. The van der Waals surface area contributed by atoms with E-state index in [4.69, 9.17) is 5.73 Å². The van der Waals surface area contributed by atoms with E-state index in [-0.39, 0.29) is 5.54 Å². The van der Waals surface area contributed by atoms with Crippen molar-refractivity contribution < 1.29 is 0 Å². The molecule has 1 unspecified atom stereocenters. The van der Waals surface area contributed by atoms with E-state index in [1.165, 1.54) is 58.0 Å². The van der Waals surface area contributed by atoms with E-state index in [1.54, 1.807) is 0 Å². The molecule has 2 fully saturated rings. The molecule has 82 valence electrons. The maximum atomic E-state index is 6.36. The van der Waals surface area contributed by atoms with Crippen LogP contribution in [0, 0.1) is 0 Å². The van der Waals surface area contributed by atoms with Gasteiger partial charge in [-0.25, -0.2) is 0 Å². The minimum absolute atomic E-state index is 0.197. The highest BCUT2D eigenvalue weighted by atomic mass is 15.2. The van der Waals surface area contributed by atoms with Crippen molar-refractivity contribution in [2.75, 3.05) is 13.1 Å². The first-order valence-corrected chi connectivity index (χ1v) is 6.23. The van der Waals surface area contributed by atoms with E-state index in [0.717, 1.165) is 6.04 Å². The number of hydrogen-bond donors (Lipinski definition) is 1. The van der Waals surface area contributed by atoms with Crippen LogP contribution >= 0.6 is 0 Å². The number of nitrogens with zero attached hydrogens (tertiary/aromatic N) is 1. The second-order valence-corrected chi connectivity index (χ2v) is 5.35. The fourth-order valence-corrected chi connectivity index (χ4v) is 3.02. The zero-order valence-corrected chi connectivity index (χ0v) is 9.47. The Labute approximate surface area is 87.8 Å². The molecule has 2 heteroatoms. The predicted octanol–water partition coefficient (Wildman–Crippen LogP) is 2.13. The van der Waals surface area contributed by atoms with Gasteiger partial charge in [-0.2, -0.15) is 0 Å². The zero-order valence-electron chi connectivity index (χ0n) is 9.47. The second kappa shape index (κ2) is 4.19. The summed E-state index contributed by atoms with van der Waals surface area (Å²) in [6.45, 7) is 4.89. The molecule has 1 saturated carbocycles. The van der Waals surface area contributed by atoms with Crippen LogP contribution in [0.4, 0.5) is 0 Å². The lowest BCUT2D eigenvalue weighted by Crippen LogP contribution is -2.41. The minimum Gasteiger partial charge on any atom is -0.325 e. The third-order valence-corrected chi connectivity index (χ3v) is 4.19. The molecule has 1 heterocycles. The maximum Gasteiger partial charge on any atom is 0.0166 e. The Balaban J connectivity index is 1.75. The lowest BCUT2D eigenvalue weighted by atomic mass is 9.94. The third kappa shape index (κ3) is 2.29. The van der Waals surface area contributed by atoms with Crippen LogP contribution < -0.4 is 5.73 Å². The number of rotatable bonds is 3. The fourth-order valence-electron chi connectivity index (χ4n) is 3.02. The smallest absolute Gasteiger partial charge is 0.0166 e. The van der Waals surface area contributed by atoms with E-state index >= 15 is 0 Å². The normalized spacial score (nSPS) is 32.6. The van der Waals surface area contributed by atoms with Gasteiger partial charge in [0.05, 0.1) is 0 Å². The van der Waals surface area contributed by atoms with Crippen LogP contribution in [0.3, 0.4) is 0 Å². The molecule has 0 radical (unpaired) electrons. The lowest BCUT2D eigenvalue weighted by molar-refractivity contribution is 0.234. The van der Waals surface area contributed by atoms with Crippen molar-refractivity contribution in [3.63, 3.8) is 0 Å². The molecule has 1 atom stereocenters. The average Bonchev–Trinajstić information content (AvgIpc) is 2.73. The summed E-state index contributed by atoms with van der Waals surface area (Å²) in [6.07, 6.45) is 9.22. The first kappa shape index (κ1) is 10.4. The van der Waals surface area contributed by atoms with Crippen molar-refractivity contribution >= 4 is 0 Å². The van der Waals surface area contributed by atoms with Crippen molar-refractivity contribution in [2.45, 2.75) is 63.5 Å². The summed E-state index contributed by atoms with van der Waals surface area (Å²) in [6, 6.07) is 0.806. The number of nitrogens with two attached hydrogens (primary N) is 1. The van der Waals surface area contributed by atoms with Crippen LogP contribution in [0.5, 0.6) is 0 Å². The van der Waals surface area contributed by atoms with E-state index in [0.29, 0.717) is 0 Å². The van der Waals surface area contributed by atoms with Crippen molar-refractivity contribution in [1.82, 2.24) is 4.90 Å². The zero-order chi connectivity index (χ0) is 10.0. The Bertz CT molecular complexity index is 185. The molecule has 0 amide bonds. The predicted molar refractivity (Wildman–Crippen MR) is 60.3 cm³/mol. The molecule has 0 bridgehead atoms. The standard InChI is InChI=1S/C12H24N2/c1-11-5-4-9-14(11)10-8-12(13)6-2-3-7-12/h11H,2-10,13H2,1H3. The van der Waals surface area contributed by atoms with Crippen LogP contribution in [0.15, 0.2) is 0 Å². The molecular formula is C12H24N2. The summed E-state index contributed by atoms with van der Waals surface area (Å²) in [5.41, 5.74) is 6.55. The first-order valence-electron chi connectivity index (χ1n) is 6.23. The molecule has 0 aromatic carbocycles. The van der Waals surface area contributed by atoms with Crippen LogP contribution in [-0.2, 0) is 0 Å². The van der Waals surface area contributed by atoms with Gasteiger partial charge in [-0.15, -0.1) is 0 Å². The molecule has 1 aliphatic heterocycles. The van der Waals surface area contributed by atoms with Crippen LogP contribution in [0.2, 0.25) is 0 Å². The summed E-state index contributed by atoms with van der Waals surface area (Å²) >= 11 is 0. The first-order chi connectivity index (χ1) is 6.70. The van der Waals surface area contributed by atoms with Crippen LogP contribution in [0.1, 0.15) is 51.9 Å². The molecular weight excluding hydrogens is 172 g/mol. The van der Waals surface area contributed by atoms with Gasteiger partial charge in [-0.05, 0) is 45.6 Å². The monoisotopic (exact) mass is 196 g/mol. The lowest BCUT2D eigenvalue weighted by Gasteiger charge is -2.28. The Morgan fingerprint density at radius 1 is 1.29 bits per heavy atom.